The van der Waals surface area contributed by atoms with Gasteiger partial charge in [-0.15, -0.1) is 0 Å². The molecule has 2 rings (SSSR count). The van der Waals surface area contributed by atoms with E-state index < -0.39 is 0 Å². The standard InChI is InChI=1S/C15H17ClN2O/c1-9(2)12-7-14(10(3)6-13(12)16)19-11-4-5-15(17)18-8-11/h4-9H,1-3H3,(H2,17,18). The molecule has 1 aromatic carbocycles. The van der Waals surface area contributed by atoms with Gasteiger partial charge in [-0.2, -0.15) is 0 Å². The minimum absolute atomic E-state index is 0.347. The van der Waals surface area contributed by atoms with Crippen LogP contribution < -0.4 is 10.5 Å². The Morgan fingerprint density at radius 2 is 2.00 bits per heavy atom. The molecule has 2 N–H and O–H groups in total. The smallest absolute Gasteiger partial charge is 0.145 e. The van der Waals surface area contributed by atoms with Gasteiger partial charge in [0, 0.05) is 5.02 Å². The fraction of sp³-hybridized carbons (Fsp3) is 0.267. The van der Waals surface area contributed by atoms with Gasteiger partial charge in [-0.3, -0.25) is 0 Å². The minimum atomic E-state index is 0.347. The summed E-state index contributed by atoms with van der Waals surface area (Å²) in [5.74, 6) is 2.28. The van der Waals surface area contributed by atoms with E-state index in [1.165, 1.54) is 0 Å². The van der Waals surface area contributed by atoms with Crippen molar-refractivity contribution in [2.75, 3.05) is 5.73 Å². The predicted octanol–water partition coefficient (Wildman–Crippen LogP) is 4.54. The molecule has 1 aromatic heterocycles. The fourth-order valence-electron chi connectivity index (χ4n) is 1.80. The van der Waals surface area contributed by atoms with Crippen LogP contribution in [0.4, 0.5) is 5.82 Å². The number of hydrogen-bond acceptors (Lipinski definition) is 3. The molecule has 0 aliphatic rings. The number of nitrogens with two attached hydrogens (primary N) is 1. The van der Waals surface area contributed by atoms with E-state index in [4.69, 9.17) is 22.1 Å². The molecular formula is C15H17ClN2O. The molecule has 0 aliphatic carbocycles. The molecule has 0 radical (unpaired) electrons. The highest BCUT2D eigenvalue weighted by Crippen LogP contribution is 2.33. The predicted molar refractivity (Wildman–Crippen MR) is 79.0 cm³/mol. The molecule has 0 fully saturated rings. The van der Waals surface area contributed by atoms with E-state index in [1.807, 2.05) is 19.1 Å². The maximum Gasteiger partial charge on any atom is 0.145 e. The minimum Gasteiger partial charge on any atom is -0.455 e. The first kappa shape index (κ1) is 13.7. The summed E-state index contributed by atoms with van der Waals surface area (Å²) >= 11 is 6.24. The zero-order chi connectivity index (χ0) is 14.0. The van der Waals surface area contributed by atoms with Gasteiger partial charge in [-0.05, 0) is 48.2 Å². The maximum atomic E-state index is 6.24. The van der Waals surface area contributed by atoms with Crippen LogP contribution in [0.25, 0.3) is 0 Å². The Labute approximate surface area is 118 Å². The summed E-state index contributed by atoms with van der Waals surface area (Å²) in [5, 5.41) is 0.773. The van der Waals surface area contributed by atoms with Crippen molar-refractivity contribution in [2.24, 2.45) is 0 Å². The first-order valence-electron chi connectivity index (χ1n) is 6.17. The van der Waals surface area contributed by atoms with Gasteiger partial charge in [0.25, 0.3) is 0 Å². The van der Waals surface area contributed by atoms with Crippen LogP contribution in [-0.4, -0.2) is 4.98 Å². The summed E-state index contributed by atoms with van der Waals surface area (Å²) in [5.41, 5.74) is 7.62. The number of ether oxygens (including phenoxy) is 1. The summed E-state index contributed by atoms with van der Waals surface area (Å²) in [4.78, 5) is 4.01. The highest BCUT2D eigenvalue weighted by atomic mass is 35.5. The average Bonchev–Trinajstić information content (AvgIpc) is 2.34. The molecule has 0 spiro atoms. The number of halogens is 1. The number of hydrogen-bond donors (Lipinski definition) is 1. The molecule has 100 valence electrons. The zero-order valence-electron chi connectivity index (χ0n) is 11.3. The Morgan fingerprint density at radius 3 is 2.58 bits per heavy atom. The van der Waals surface area contributed by atoms with Gasteiger partial charge in [0.2, 0.25) is 0 Å². The summed E-state index contributed by atoms with van der Waals surface area (Å²) < 4.78 is 5.83. The molecule has 0 atom stereocenters. The van der Waals surface area contributed by atoms with Crippen molar-refractivity contribution >= 4 is 17.4 Å². The van der Waals surface area contributed by atoms with Crippen LogP contribution in [0.1, 0.15) is 30.9 Å². The number of benzene rings is 1. The molecule has 0 aliphatic heterocycles. The molecule has 0 amide bonds. The number of anilines is 1. The second-order valence-corrected chi connectivity index (χ2v) is 5.22. The first-order valence-corrected chi connectivity index (χ1v) is 6.54. The van der Waals surface area contributed by atoms with Crippen molar-refractivity contribution in [2.45, 2.75) is 26.7 Å². The van der Waals surface area contributed by atoms with Gasteiger partial charge < -0.3 is 10.5 Å². The molecule has 2 aromatic rings. The third-order valence-corrected chi connectivity index (χ3v) is 3.23. The first-order chi connectivity index (χ1) is 8.97. The third-order valence-electron chi connectivity index (χ3n) is 2.90. The summed E-state index contributed by atoms with van der Waals surface area (Å²) in [6, 6.07) is 7.42. The number of pyridine rings is 1. The Kier molecular flexibility index (Phi) is 3.96. The van der Waals surface area contributed by atoms with Crippen molar-refractivity contribution < 1.29 is 4.74 Å². The second-order valence-electron chi connectivity index (χ2n) is 4.81. The fourth-order valence-corrected chi connectivity index (χ4v) is 2.24. The Morgan fingerprint density at radius 1 is 1.26 bits per heavy atom. The quantitative estimate of drug-likeness (QED) is 0.895. The van der Waals surface area contributed by atoms with Crippen molar-refractivity contribution in [3.05, 3.63) is 46.6 Å². The van der Waals surface area contributed by atoms with Gasteiger partial charge >= 0.3 is 0 Å². The number of aryl methyl sites for hydroxylation is 1. The Hall–Kier alpha value is -1.74. The van der Waals surface area contributed by atoms with Crippen LogP contribution in [0.15, 0.2) is 30.5 Å². The van der Waals surface area contributed by atoms with E-state index in [0.29, 0.717) is 17.5 Å². The van der Waals surface area contributed by atoms with Gasteiger partial charge in [-0.1, -0.05) is 25.4 Å². The van der Waals surface area contributed by atoms with E-state index in [2.05, 4.69) is 18.8 Å². The SMILES string of the molecule is Cc1cc(Cl)c(C(C)C)cc1Oc1ccc(N)nc1. The highest BCUT2D eigenvalue weighted by molar-refractivity contribution is 6.31. The zero-order valence-corrected chi connectivity index (χ0v) is 12.0. The molecule has 4 heteroatoms. The summed E-state index contributed by atoms with van der Waals surface area (Å²) in [6.07, 6.45) is 1.61. The topological polar surface area (TPSA) is 48.1 Å². The van der Waals surface area contributed by atoms with Crippen LogP contribution >= 0.6 is 11.6 Å². The number of aromatic nitrogens is 1. The molecule has 0 bridgehead atoms. The summed E-state index contributed by atoms with van der Waals surface area (Å²) in [6.45, 7) is 6.17. The van der Waals surface area contributed by atoms with Crippen LogP contribution in [-0.2, 0) is 0 Å². The van der Waals surface area contributed by atoms with Crippen LogP contribution in [0, 0.1) is 6.92 Å². The molecule has 3 nitrogen and oxygen atoms in total. The molecule has 0 unspecified atom stereocenters. The van der Waals surface area contributed by atoms with Gasteiger partial charge in [0.1, 0.15) is 17.3 Å². The van der Waals surface area contributed by atoms with Gasteiger partial charge in [0.15, 0.2) is 0 Å². The van der Waals surface area contributed by atoms with E-state index >= 15 is 0 Å². The van der Waals surface area contributed by atoms with Crippen molar-refractivity contribution in [3.63, 3.8) is 0 Å². The molecule has 0 saturated heterocycles. The summed E-state index contributed by atoms with van der Waals surface area (Å²) in [7, 11) is 0. The number of nitrogens with zero attached hydrogens (tertiary/aromatic N) is 1. The monoisotopic (exact) mass is 276 g/mol. The Balaban J connectivity index is 2.34. The van der Waals surface area contributed by atoms with Crippen molar-refractivity contribution in [1.82, 2.24) is 4.98 Å². The molecule has 1 heterocycles. The van der Waals surface area contributed by atoms with Crippen molar-refractivity contribution in [1.29, 1.82) is 0 Å². The molecule has 19 heavy (non-hydrogen) atoms. The lowest BCUT2D eigenvalue weighted by Crippen LogP contribution is -1.95. The van der Waals surface area contributed by atoms with Crippen LogP contribution in [0.5, 0.6) is 11.5 Å². The number of rotatable bonds is 3. The lowest BCUT2D eigenvalue weighted by molar-refractivity contribution is 0.475. The Bertz CT molecular complexity index is 579. The molecule has 0 saturated carbocycles. The second kappa shape index (κ2) is 5.49. The van der Waals surface area contributed by atoms with Crippen LogP contribution in [0.3, 0.4) is 0 Å². The van der Waals surface area contributed by atoms with E-state index in [9.17, 15) is 0 Å². The van der Waals surface area contributed by atoms with Crippen LogP contribution in [0.2, 0.25) is 5.02 Å². The third kappa shape index (κ3) is 3.18. The normalized spacial score (nSPS) is 10.8. The lowest BCUT2D eigenvalue weighted by atomic mass is 10.0. The molecular weight excluding hydrogens is 260 g/mol. The largest absolute Gasteiger partial charge is 0.455 e. The van der Waals surface area contributed by atoms with E-state index in [-0.39, 0.29) is 0 Å². The maximum absolute atomic E-state index is 6.24. The van der Waals surface area contributed by atoms with Crippen molar-refractivity contribution in [3.8, 4) is 11.5 Å². The highest BCUT2D eigenvalue weighted by Gasteiger charge is 2.10. The van der Waals surface area contributed by atoms with Gasteiger partial charge in [-0.25, -0.2) is 4.98 Å². The van der Waals surface area contributed by atoms with E-state index in [0.717, 1.165) is 21.9 Å². The van der Waals surface area contributed by atoms with Gasteiger partial charge in [0.05, 0.1) is 6.20 Å². The number of nitrogen functional groups attached to an aromatic ring is 1. The lowest BCUT2D eigenvalue weighted by Gasteiger charge is -2.14. The average molecular weight is 277 g/mol. The van der Waals surface area contributed by atoms with E-state index in [1.54, 1.807) is 18.3 Å².